The fraction of sp³-hybridized carbons (Fsp3) is 0.368. The van der Waals surface area contributed by atoms with Gasteiger partial charge in [-0.3, -0.25) is 4.79 Å². The molecule has 1 saturated heterocycles. The van der Waals surface area contributed by atoms with E-state index in [0.29, 0.717) is 50.1 Å². The molecule has 0 atom stereocenters. The number of carbonyl (C=O) groups excluding carboxylic acids is 2. The Morgan fingerprint density at radius 2 is 1.82 bits per heavy atom. The first kappa shape index (κ1) is 19.5. The highest BCUT2D eigenvalue weighted by Gasteiger charge is 2.24. The van der Waals surface area contributed by atoms with Gasteiger partial charge in [-0.25, -0.2) is 19.2 Å². The molecule has 0 bridgehead atoms. The zero-order chi connectivity index (χ0) is 20.1. The van der Waals surface area contributed by atoms with Crippen LogP contribution in [-0.4, -0.2) is 59.7 Å². The molecular weight excluding hydrogens is 365 g/mol. The molecule has 1 fully saturated rings. The Hall–Kier alpha value is -3.23. The summed E-state index contributed by atoms with van der Waals surface area (Å²) in [7, 11) is 0. The van der Waals surface area contributed by atoms with E-state index in [-0.39, 0.29) is 17.6 Å². The molecule has 148 valence electrons. The fourth-order valence-electron chi connectivity index (χ4n) is 2.84. The summed E-state index contributed by atoms with van der Waals surface area (Å²) in [6.07, 6.45) is -0.327. The average molecular weight is 387 g/mol. The molecule has 2 heterocycles. The molecule has 28 heavy (non-hydrogen) atoms. The smallest absolute Gasteiger partial charge is 0.409 e. The van der Waals surface area contributed by atoms with Gasteiger partial charge in [0.2, 0.25) is 5.95 Å². The van der Waals surface area contributed by atoms with Crippen molar-refractivity contribution in [3.63, 3.8) is 0 Å². The summed E-state index contributed by atoms with van der Waals surface area (Å²) in [5, 5.41) is 2.70. The van der Waals surface area contributed by atoms with Gasteiger partial charge in [0.1, 0.15) is 11.5 Å². The predicted molar refractivity (Wildman–Crippen MR) is 102 cm³/mol. The van der Waals surface area contributed by atoms with Crippen molar-refractivity contribution in [2.75, 3.05) is 43.0 Å². The van der Waals surface area contributed by atoms with Crippen molar-refractivity contribution in [1.29, 1.82) is 0 Å². The third-order valence-electron chi connectivity index (χ3n) is 4.27. The van der Waals surface area contributed by atoms with Crippen LogP contribution in [0.15, 0.2) is 30.3 Å². The number of benzene rings is 1. The number of amides is 2. The quantitative estimate of drug-likeness (QED) is 0.867. The van der Waals surface area contributed by atoms with E-state index in [4.69, 9.17) is 4.74 Å². The van der Waals surface area contributed by atoms with Crippen LogP contribution in [0.5, 0.6) is 0 Å². The minimum atomic E-state index is -0.400. The molecule has 0 unspecified atom stereocenters. The van der Waals surface area contributed by atoms with Crippen molar-refractivity contribution in [3.05, 3.63) is 47.5 Å². The van der Waals surface area contributed by atoms with E-state index in [9.17, 15) is 14.0 Å². The van der Waals surface area contributed by atoms with E-state index < -0.39 is 5.91 Å². The maximum Gasteiger partial charge on any atom is 0.409 e. The second kappa shape index (κ2) is 8.64. The maximum atomic E-state index is 13.0. The van der Waals surface area contributed by atoms with Gasteiger partial charge in [-0.15, -0.1) is 0 Å². The van der Waals surface area contributed by atoms with Crippen LogP contribution in [0.4, 0.5) is 20.8 Å². The van der Waals surface area contributed by atoms with Gasteiger partial charge in [0.15, 0.2) is 0 Å². The second-order valence-corrected chi connectivity index (χ2v) is 6.33. The molecular formula is C19H22FN5O3. The van der Waals surface area contributed by atoms with Gasteiger partial charge in [-0.2, -0.15) is 0 Å². The van der Waals surface area contributed by atoms with E-state index in [1.54, 1.807) is 24.8 Å². The summed E-state index contributed by atoms with van der Waals surface area (Å²) in [5.74, 6) is -0.337. The molecule has 1 aliphatic rings. The zero-order valence-electron chi connectivity index (χ0n) is 15.8. The van der Waals surface area contributed by atoms with Crippen LogP contribution in [-0.2, 0) is 4.74 Å². The molecule has 8 nitrogen and oxygen atoms in total. The van der Waals surface area contributed by atoms with Crippen molar-refractivity contribution in [2.45, 2.75) is 13.8 Å². The largest absolute Gasteiger partial charge is 0.450 e. The first-order valence-electron chi connectivity index (χ1n) is 9.05. The molecule has 1 N–H and O–H groups in total. The SMILES string of the molecule is CCOC(=O)N1CCN(c2nc(C)cc(C(=O)Nc3ccc(F)cc3)n2)CC1. The average Bonchev–Trinajstić information content (AvgIpc) is 2.69. The minimum absolute atomic E-state index is 0.222. The monoisotopic (exact) mass is 387 g/mol. The van der Waals surface area contributed by atoms with Crippen LogP contribution in [0, 0.1) is 12.7 Å². The highest BCUT2D eigenvalue weighted by Crippen LogP contribution is 2.15. The molecule has 0 radical (unpaired) electrons. The third-order valence-corrected chi connectivity index (χ3v) is 4.27. The summed E-state index contributed by atoms with van der Waals surface area (Å²) >= 11 is 0. The van der Waals surface area contributed by atoms with E-state index in [0.717, 1.165) is 0 Å². The molecule has 0 spiro atoms. The minimum Gasteiger partial charge on any atom is -0.450 e. The number of halogens is 1. The van der Waals surface area contributed by atoms with Crippen LogP contribution in [0.25, 0.3) is 0 Å². The molecule has 1 aromatic heterocycles. The number of hydrogen-bond donors (Lipinski definition) is 1. The van der Waals surface area contributed by atoms with E-state index in [2.05, 4.69) is 15.3 Å². The lowest BCUT2D eigenvalue weighted by Crippen LogP contribution is -2.49. The molecule has 3 rings (SSSR count). The normalized spacial score (nSPS) is 14.0. The van der Waals surface area contributed by atoms with Crippen LogP contribution in [0.1, 0.15) is 23.1 Å². The van der Waals surface area contributed by atoms with E-state index in [1.165, 1.54) is 24.3 Å². The maximum absolute atomic E-state index is 13.0. The highest BCUT2D eigenvalue weighted by molar-refractivity contribution is 6.03. The summed E-state index contributed by atoms with van der Waals surface area (Å²) in [6, 6.07) is 7.11. The number of anilines is 2. The molecule has 1 aliphatic heterocycles. The number of carbonyl (C=O) groups is 2. The van der Waals surface area contributed by atoms with Gasteiger partial charge in [0.05, 0.1) is 6.61 Å². The number of aromatic nitrogens is 2. The van der Waals surface area contributed by atoms with Crippen molar-refractivity contribution >= 4 is 23.6 Å². The van der Waals surface area contributed by atoms with Gasteiger partial charge < -0.3 is 19.9 Å². The first-order valence-corrected chi connectivity index (χ1v) is 9.05. The molecule has 1 aromatic carbocycles. The van der Waals surface area contributed by atoms with Crippen LogP contribution >= 0.6 is 0 Å². The van der Waals surface area contributed by atoms with Crippen LogP contribution in [0.3, 0.4) is 0 Å². The Bertz CT molecular complexity index is 851. The number of rotatable bonds is 4. The van der Waals surface area contributed by atoms with Gasteiger partial charge in [0, 0.05) is 37.6 Å². The predicted octanol–water partition coefficient (Wildman–Crippen LogP) is 2.45. The second-order valence-electron chi connectivity index (χ2n) is 6.33. The lowest BCUT2D eigenvalue weighted by molar-refractivity contribution is 0.102. The van der Waals surface area contributed by atoms with Crippen LogP contribution in [0.2, 0.25) is 0 Å². The van der Waals surface area contributed by atoms with Crippen molar-refractivity contribution in [3.8, 4) is 0 Å². The summed E-state index contributed by atoms with van der Waals surface area (Å²) < 4.78 is 18.0. The Morgan fingerprint density at radius 3 is 2.46 bits per heavy atom. The Labute approximate surface area is 162 Å². The molecule has 9 heteroatoms. The van der Waals surface area contributed by atoms with Crippen molar-refractivity contribution in [1.82, 2.24) is 14.9 Å². The van der Waals surface area contributed by atoms with E-state index in [1.807, 2.05) is 4.90 Å². The lowest BCUT2D eigenvalue weighted by atomic mass is 10.2. The first-order chi connectivity index (χ1) is 13.5. The number of hydrogen-bond acceptors (Lipinski definition) is 6. The topological polar surface area (TPSA) is 87.7 Å². The van der Waals surface area contributed by atoms with E-state index >= 15 is 0 Å². The lowest BCUT2D eigenvalue weighted by Gasteiger charge is -2.34. The van der Waals surface area contributed by atoms with Crippen molar-refractivity contribution < 1.29 is 18.7 Å². The highest BCUT2D eigenvalue weighted by atomic mass is 19.1. The standard InChI is InChI=1S/C19H22FN5O3/c1-3-28-19(27)25-10-8-24(9-11-25)18-21-13(2)12-16(23-18)17(26)22-15-6-4-14(20)5-7-15/h4-7,12H,3,8-11H2,1-2H3,(H,22,26). The summed E-state index contributed by atoms with van der Waals surface area (Å²) in [6.45, 7) is 5.97. The Balaban J connectivity index is 1.69. The van der Waals surface area contributed by atoms with Gasteiger partial charge in [0.25, 0.3) is 5.91 Å². The van der Waals surface area contributed by atoms with Crippen molar-refractivity contribution in [2.24, 2.45) is 0 Å². The Kier molecular flexibility index (Phi) is 6.03. The van der Waals surface area contributed by atoms with Gasteiger partial charge in [-0.05, 0) is 44.2 Å². The van der Waals surface area contributed by atoms with Gasteiger partial charge >= 0.3 is 6.09 Å². The number of nitrogens with zero attached hydrogens (tertiary/aromatic N) is 4. The Morgan fingerprint density at radius 1 is 1.14 bits per heavy atom. The molecule has 0 saturated carbocycles. The molecule has 2 aromatic rings. The number of piperazine rings is 1. The zero-order valence-corrected chi connectivity index (χ0v) is 15.8. The fourth-order valence-corrected chi connectivity index (χ4v) is 2.84. The third kappa shape index (κ3) is 4.73. The molecule has 2 amide bonds. The summed E-state index contributed by atoms with van der Waals surface area (Å²) in [5.41, 5.74) is 1.36. The molecule has 0 aliphatic carbocycles. The van der Waals surface area contributed by atoms with Gasteiger partial charge in [-0.1, -0.05) is 0 Å². The van der Waals surface area contributed by atoms with Crippen LogP contribution < -0.4 is 10.2 Å². The summed E-state index contributed by atoms with van der Waals surface area (Å²) in [4.78, 5) is 36.7. The number of aryl methyl sites for hydroxylation is 1. The number of ether oxygens (including phenoxy) is 1. The number of nitrogens with one attached hydrogen (secondary N) is 1.